The first kappa shape index (κ1) is 66.8. The molecule has 1 unspecified atom stereocenters. The average molecular weight is 984 g/mol. The monoisotopic (exact) mass is 983 g/mol. The third-order valence-corrected chi connectivity index (χ3v) is 11.9. The van der Waals surface area contributed by atoms with Gasteiger partial charge in [0.2, 0.25) is 0 Å². The quantitative estimate of drug-likeness (QED) is 0.0261. The third kappa shape index (κ3) is 56.6. The highest BCUT2D eigenvalue weighted by atomic mass is 16.6. The van der Waals surface area contributed by atoms with E-state index in [0.717, 1.165) is 135 Å². The predicted octanol–water partition coefficient (Wildman–Crippen LogP) is 19.6. The van der Waals surface area contributed by atoms with Gasteiger partial charge in [0.25, 0.3) is 0 Å². The van der Waals surface area contributed by atoms with Crippen molar-refractivity contribution in [1.82, 2.24) is 0 Å². The lowest BCUT2D eigenvalue weighted by atomic mass is 10.1. The molecule has 0 amide bonds. The summed E-state index contributed by atoms with van der Waals surface area (Å²) in [4.78, 5) is 38.2. The van der Waals surface area contributed by atoms with Crippen molar-refractivity contribution in [2.24, 2.45) is 0 Å². The normalized spacial score (nSPS) is 13.0. The molecule has 0 aliphatic heterocycles. The molecule has 0 radical (unpaired) electrons. The van der Waals surface area contributed by atoms with E-state index in [1.54, 1.807) is 0 Å². The fraction of sp³-hybridized carbons (Fsp3) is 0.646. The Bertz CT molecular complexity index is 1500. The van der Waals surface area contributed by atoms with Crippen LogP contribution in [0.15, 0.2) is 122 Å². The standard InChI is InChI=1S/C65H106O6/c1-4-7-10-13-16-19-22-25-28-29-30-31-32-33-34-35-38-40-43-46-49-52-55-58-64(67)70-61-62(71-65(68)59-56-53-50-47-44-41-37-27-24-21-18-15-12-9-6-3)60-69-63(66)57-54-51-48-45-42-39-36-26-23-20-17-14-11-8-5-2/h8-9,11-12,17-18,20-22,25-27,29-30,32-33,36-37,44,47,62H,4-7,10,13-16,19,23-24,28,31,34-35,38-43,45-46,48-61H2,1-3H3/b11-8-,12-9-,20-17-,21-18-,25-22-,30-29-,33-32-,36-26-,37-27-,47-44-. The van der Waals surface area contributed by atoms with Gasteiger partial charge in [0.1, 0.15) is 13.2 Å². The van der Waals surface area contributed by atoms with Gasteiger partial charge in [-0.25, -0.2) is 0 Å². The van der Waals surface area contributed by atoms with E-state index in [0.29, 0.717) is 19.3 Å². The molecule has 0 aromatic rings. The van der Waals surface area contributed by atoms with Gasteiger partial charge in [-0.1, -0.05) is 226 Å². The van der Waals surface area contributed by atoms with Crippen LogP contribution in [0.3, 0.4) is 0 Å². The molecule has 0 aliphatic rings. The van der Waals surface area contributed by atoms with Crippen LogP contribution >= 0.6 is 0 Å². The van der Waals surface area contributed by atoms with Crippen molar-refractivity contribution in [3.8, 4) is 0 Å². The average Bonchev–Trinajstić information content (AvgIpc) is 3.37. The van der Waals surface area contributed by atoms with Crippen LogP contribution in [0.1, 0.15) is 252 Å². The lowest BCUT2D eigenvalue weighted by Gasteiger charge is -2.18. The molecule has 71 heavy (non-hydrogen) atoms. The smallest absolute Gasteiger partial charge is 0.306 e. The molecule has 0 aromatic heterocycles. The maximum Gasteiger partial charge on any atom is 0.306 e. The highest BCUT2D eigenvalue weighted by molar-refractivity contribution is 5.71. The van der Waals surface area contributed by atoms with Gasteiger partial charge >= 0.3 is 17.9 Å². The molecule has 6 heteroatoms. The van der Waals surface area contributed by atoms with Crippen LogP contribution in [-0.4, -0.2) is 37.2 Å². The van der Waals surface area contributed by atoms with Crippen molar-refractivity contribution in [3.63, 3.8) is 0 Å². The summed E-state index contributed by atoms with van der Waals surface area (Å²) in [6.45, 7) is 6.34. The van der Waals surface area contributed by atoms with E-state index >= 15 is 0 Å². The minimum absolute atomic E-state index is 0.107. The van der Waals surface area contributed by atoms with Crippen LogP contribution in [0, 0.1) is 0 Å². The Morgan fingerprint density at radius 1 is 0.296 bits per heavy atom. The number of carbonyl (C=O) groups is 3. The zero-order valence-electron chi connectivity index (χ0n) is 45.9. The van der Waals surface area contributed by atoms with Gasteiger partial charge in [-0.05, 0) is 128 Å². The summed E-state index contributed by atoms with van der Waals surface area (Å²) < 4.78 is 16.8. The highest BCUT2D eigenvalue weighted by Gasteiger charge is 2.19. The summed E-state index contributed by atoms with van der Waals surface area (Å²) in [5.41, 5.74) is 0. The molecule has 0 bridgehead atoms. The number of carbonyl (C=O) groups excluding carboxylic acids is 3. The molecule has 0 saturated heterocycles. The van der Waals surface area contributed by atoms with Crippen molar-refractivity contribution in [2.45, 2.75) is 258 Å². The van der Waals surface area contributed by atoms with Crippen molar-refractivity contribution >= 4 is 17.9 Å². The van der Waals surface area contributed by atoms with E-state index in [1.807, 2.05) is 0 Å². The van der Waals surface area contributed by atoms with Crippen LogP contribution in [0.2, 0.25) is 0 Å². The minimum atomic E-state index is -0.814. The fourth-order valence-corrected chi connectivity index (χ4v) is 7.63. The van der Waals surface area contributed by atoms with E-state index in [2.05, 4.69) is 142 Å². The molecular weight excluding hydrogens is 877 g/mol. The Hall–Kier alpha value is -4.19. The molecule has 0 heterocycles. The van der Waals surface area contributed by atoms with Gasteiger partial charge in [0.15, 0.2) is 6.10 Å². The summed E-state index contributed by atoms with van der Waals surface area (Å²) in [6, 6.07) is 0. The summed E-state index contributed by atoms with van der Waals surface area (Å²) in [5, 5.41) is 0. The molecule has 0 rings (SSSR count). The van der Waals surface area contributed by atoms with Gasteiger partial charge in [0, 0.05) is 19.3 Å². The van der Waals surface area contributed by atoms with Crippen LogP contribution in [0.25, 0.3) is 0 Å². The molecule has 0 aromatic carbocycles. The number of rotatable bonds is 51. The first-order chi connectivity index (χ1) is 35.0. The molecule has 0 saturated carbocycles. The van der Waals surface area contributed by atoms with E-state index in [1.165, 1.54) is 70.6 Å². The number of hydrogen-bond acceptors (Lipinski definition) is 6. The minimum Gasteiger partial charge on any atom is -0.462 e. The van der Waals surface area contributed by atoms with Crippen LogP contribution in [-0.2, 0) is 28.6 Å². The zero-order chi connectivity index (χ0) is 51.4. The van der Waals surface area contributed by atoms with E-state index < -0.39 is 6.10 Å². The molecular formula is C65H106O6. The van der Waals surface area contributed by atoms with Gasteiger partial charge in [-0.3, -0.25) is 14.4 Å². The van der Waals surface area contributed by atoms with E-state index in [9.17, 15) is 14.4 Å². The summed E-state index contributed by atoms with van der Waals surface area (Å²) in [7, 11) is 0. The van der Waals surface area contributed by atoms with Gasteiger partial charge < -0.3 is 14.2 Å². The van der Waals surface area contributed by atoms with Gasteiger partial charge in [-0.15, -0.1) is 0 Å². The van der Waals surface area contributed by atoms with Gasteiger partial charge in [-0.2, -0.15) is 0 Å². The topological polar surface area (TPSA) is 78.9 Å². The second kappa shape index (κ2) is 58.4. The Balaban J connectivity index is 4.44. The number of esters is 3. The highest BCUT2D eigenvalue weighted by Crippen LogP contribution is 2.14. The SMILES string of the molecule is CC/C=C\C/C=C\C/C=C\C/C=C\CCCCC(=O)OC(COC(=O)CCCCCCC/C=C\C/C=C\C/C=C\CC)COC(=O)CCCCCCCCCC/C=C\C/C=C\C/C=C\CCCCCCC. The second-order valence-corrected chi connectivity index (χ2v) is 18.8. The number of unbranched alkanes of at least 4 members (excludes halogenated alkanes) is 20. The third-order valence-electron chi connectivity index (χ3n) is 11.9. The summed E-state index contributed by atoms with van der Waals surface area (Å²) >= 11 is 0. The first-order valence-corrected chi connectivity index (χ1v) is 29.0. The maximum absolute atomic E-state index is 12.8. The van der Waals surface area contributed by atoms with Crippen LogP contribution < -0.4 is 0 Å². The number of allylic oxidation sites excluding steroid dienone is 20. The maximum atomic E-state index is 12.8. The fourth-order valence-electron chi connectivity index (χ4n) is 7.63. The Morgan fingerprint density at radius 3 is 0.887 bits per heavy atom. The van der Waals surface area contributed by atoms with Crippen molar-refractivity contribution in [3.05, 3.63) is 122 Å². The van der Waals surface area contributed by atoms with E-state index in [-0.39, 0.29) is 37.5 Å². The second-order valence-electron chi connectivity index (χ2n) is 18.8. The Morgan fingerprint density at radius 2 is 0.549 bits per heavy atom. The first-order valence-electron chi connectivity index (χ1n) is 29.0. The lowest BCUT2D eigenvalue weighted by molar-refractivity contribution is -0.167. The molecule has 6 nitrogen and oxygen atoms in total. The Labute approximate surface area is 437 Å². The van der Waals surface area contributed by atoms with Gasteiger partial charge in [0.05, 0.1) is 0 Å². The van der Waals surface area contributed by atoms with Crippen LogP contribution in [0.4, 0.5) is 0 Å². The van der Waals surface area contributed by atoms with Crippen molar-refractivity contribution in [2.75, 3.05) is 13.2 Å². The zero-order valence-corrected chi connectivity index (χ0v) is 45.9. The lowest BCUT2D eigenvalue weighted by Crippen LogP contribution is -2.30. The molecule has 0 N–H and O–H groups in total. The van der Waals surface area contributed by atoms with Crippen LogP contribution in [0.5, 0.6) is 0 Å². The predicted molar refractivity (Wildman–Crippen MR) is 306 cm³/mol. The molecule has 1 atom stereocenters. The van der Waals surface area contributed by atoms with Crippen molar-refractivity contribution in [1.29, 1.82) is 0 Å². The summed E-state index contributed by atoms with van der Waals surface area (Å²) in [5.74, 6) is -0.976. The molecule has 402 valence electrons. The van der Waals surface area contributed by atoms with Crippen molar-refractivity contribution < 1.29 is 28.6 Å². The molecule has 0 fully saturated rings. The summed E-state index contributed by atoms with van der Waals surface area (Å²) in [6.07, 6.45) is 80.5. The number of hydrogen-bond donors (Lipinski definition) is 0. The number of ether oxygens (including phenoxy) is 3. The largest absolute Gasteiger partial charge is 0.462 e. The molecule has 0 aliphatic carbocycles. The van der Waals surface area contributed by atoms with E-state index in [4.69, 9.17) is 14.2 Å². The molecule has 0 spiro atoms. The Kier molecular flexibility index (Phi) is 54.9.